The van der Waals surface area contributed by atoms with Gasteiger partial charge in [0.2, 0.25) is 0 Å². The van der Waals surface area contributed by atoms with Crippen molar-refractivity contribution in [3.05, 3.63) is 59.8 Å². The van der Waals surface area contributed by atoms with Gasteiger partial charge in [-0.3, -0.25) is 0 Å². The van der Waals surface area contributed by atoms with Crippen LogP contribution in [0, 0.1) is 0 Å². The van der Waals surface area contributed by atoms with Gasteiger partial charge in [0.15, 0.2) is 0 Å². The maximum Gasteiger partial charge on any atom is 0.407 e. The molecular formula is C25H34N4O6. The molecule has 2 atom stereocenters. The molecule has 0 spiro atoms. The Balaban J connectivity index is 2.04. The second-order valence-electron chi connectivity index (χ2n) is 7.61. The smallest absolute Gasteiger partial charge is 0.407 e. The van der Waals surface area contributed by atoms with Crippen LogP contribution in [0.25, 0.3) is 5.76 Å². The molecule has 2 rings (SSSR count). The van der Waals surface area contributed by atoms with Gasteiger partial charge in [-0.05, 0) is 43.2 Å². The Morgan fingerprint density at radius 3 is 2.40 bits per heavy atom. The van der Waals surface area contributed by atoms with E-state index < -0.39 is 18.2 Å². The van der Waals surface area contributed by atoms with Crippen LogP contribution in [0.5, 0.6) is 5.75 Å². The molecule has 0 saturated carbocycles. The second kappa shape index (κ2) is 13.7. The van der Waals surface area contributed by atoms with E-state index in [0.717, 1.165) is 11.1 Å². The molecule has 0 saturated heterocycles. The molecule has 2 aromatic carbocycles. The summed E-state index contributed by atoms with van der Waals surface area (Å²) in [5.41, 5.74) is 2.58. The van der Waals surface area contributed by atoms with Gasteiger partial charge < -0.3 is 40.6 Å². The highest BCUT2D eigenvalue weighted by atomic mass is 16.6. The third-order valence-electron chi connectivity index (χ3n) is 5.13. The van der Waals surface area contributed by atoms with E-state index >= 15 is 0 Å². The molecule has 35 heavy (non-hydrogen) atoms. The minimum absolute atomic E-state index is 0.235. The Hall–Kier alpha value is -3.92. The highest BCUT2D eigenvalue weighted by molar-refractivity contribution is 6.00. The van der Waals surface area contributed by atoms with E-state index in [0.29, 0.717) is 29.3 Å². The third-order valence-corrected chi connectivity index (χ3v) is 5.13. The molecule has 1 unspecified atom stereocenters. The van der Waals surface area contributed by atoms with Crippen LogP contribution in [-0.4, -0.2) is 51.2 Å². The third kappa shape index (κ3) is 8.11. The van der Waals surface area contributed by atoms with Crippen molar-refractivity contribution in [2.45, 2.75) is 32.4 Å². The molecule has 0 radical (unpaired) electrons. The van der Waals surface area contributed by atoms with Crippen molar-refractivity contribution in [1.82, 2.24) is 10.6 Å². The van der Waals surface area contributed by atoms with E-state index in [1.165, 1.54) is 7.11 Å². The summed E-state index contributed by atoms with van der Waals surface area (Å²) >= 11 is 0. The second-order valence-corrected chi connectivity index (χ2v) is 7.61. The van der Waals surface area contributed by atoms with E-state index in [-0.39, 0.29) is 12.6 Å². The number of rotatable bonds is 11. The Kier molecular flexibility index (Phi) is 10.7. The molecular weight excluding hydrogens is 452 g/mol. The van der Waals surface area contributed by atoms with Crippen molar-refractivity contribution in [1.29, 1.82) is 0 Å². The molecule has 0 aromatic heterocycles. The molecule has 0 aliphatic heterocycles. The van der Waals surface area contributed by atoms with Gasteiger partial charge in [-0.1, -0.05) is 19.1 Å². The lowest BCUT2D eigenvalue weighted by Crippen LogP contribution is -2.32. The number of aliphatic hydroxyl groups excluding tert-OH is 1. The molecule has 0 bridgehead atoms. The number of methoxy groups -OCH3 is 2. The predicted octanol–water partition coefficient (Wildman–Crippen LogP) is 4.06. The molecule has 2 aromatic rings. The molecule has 0 heterocycles. The standard InChI is InChI=1S/C25H34N4O6/c1-6-20(15-30)35-25(32)27-16(2)17-8-7-9-18(12-17)28-24(31)29-19-10-11-21(22(13-19)33-4)23(34-5)14-26-3/h7-14,16,20,26,30H,6,15H2,1-5H3,(H,27,32)(H2,28,29,31)/b23-14-/t16-,20?/m0/s1. The lowest BCUT2D eigenvalue weighted by molar-refractivity contribution is 0.0539. The minimum Gasteiger partial charge on any atom is -0.496 e. The molecule has 10 heteroatoms. The predicted molar refractivity (Wildman–Crippen MR) is 135 cm³/mol. The Morgan fingerprint density at radius 1 is 1.09 bits per heavy atom. The van der Waals surface area contributed by atoms with Crippen molar-refractivity contribution < 1.29 is 28.9 Å². The van der Waals surface area contributed by atoms with E-state index in [1.54, 1.807) is 63.7 Å². The zero-order chi connectivity index (χ0) is 25.8. The summed E-state index contributed by atoms with van der Waals surface area (Å²) in [5, 5.41) is 20.4. The summed E-state index contributed by atoms with van der Waals surface area (Å²) in [5.74, 6) is 1.12. The Morgan fingerprint density at radius 2 is 1.80 bits per heavy atom. The van der Waals surface area contributed by atoms with Crippen LogP contribution in [-0.2, 0) is 9.47 Å². The quantitative estimate of drug-likeness (QED) is 0.303. The van der Waals surface area contributed by atoms with Crippen molar-refractivity contribution in [2.75, 3.05) is 38.5 Å². The molecule has 5 N–H and O–H groups in total. The molecule has 3 amide bonds. The zero-order valence-electron chi connectivity index (χ0n) is 20.7. The van der Waals surface area contributed by atoms with Gasteiger partial charge in [-0.2, -0.15) is 0 Å². The first-order valence-corrected chi connectivity index (χ1v) is 11.2. The Bertz CT molecular complexity index is 1020. The van der Waals surface area contributed by atoms with Crippen molar-refractivity contribution in [3.63, 3.8) is 0 Å². The fourth-order valence-corrected chi connectivity index (χ4v) is 3.22. The van der Waals surface area contributed by atoms with Crippen molar-refractivity contribution in [2.24, 2.45) is 0 Å². The number of benzene rings is 2. The minimum atomic E-state index is -0.618. The highest BCUT2D eigenvalue weighted by Crippen LogP contribution is 2.29. The number of urea groups is 1. The molecule has 190 valence electrons. The van der Waals surface area contributed by atoms with E-state index in [4.69, 9.17) is 14.2 Å². The van der Waals surface area contributed by atoms with Crippen LogP contribution in [0.2, 0.25) is 0 Å². The zero-order valence-corrected chi connectivity index (χ0v) is 20.7. The Labute approximate surface area is 205 Å². The van der Waals surface area contributed by atoms with Crippen molar-refractivity contribution in [3.8, 4) is 5.75 Å². The molecule has 0 aliphatic carbocycles. The maximum absolute atomic E-state index is 12.6. The van der Waals surface area contributed by atoms with Crippen LogP contribution >= 0.6 is 0 Å². The van der Waals surface area contributed by atoms with Gasteiger partial charge in [-0.25, -0.2) is 9.59 Å². The number of carbonyl (C=O) groups excluding carboxylic acids is 2. The van der Waals surface area contributed by atoms with Gasteiger partial charge in [0.25, 0.3) is 0 Å². The summed E-state index contributed by atoms with van der Waals surface area (Å²) < 4.78 is 16.0. The topological polar surface area (TPSA) is 130 Å². The first-order chi connectivity index (χ1) is 16.8. The SMILES string of the molecule is CCC(CO)OC(=O)N[C@@H](C)c1cccc(NC(=O)Nc2ccc(/C(=C/NC)OC)c(OC)c2)c1. The fraction of sp³-hybridized carbons (Fsp3) is 0.360. The average molecular weight is 487 g/mol. The number of ether oxygens (including phenoxy) is 3. The van der Waals surface area contributed by atoms with Crippen LogP contribution in [0.3, 0.4) is 0 Å². The summed E-state index contributed by atoms with van der Waals surface area (Å²) in [6, 6.07) is 11.5. The number of aliphatic hydroxyl groups is 1. The van der Waals surface area contributed by atoms with E-state index in [9.17, 15) is 14.7 Å². The summed E-state index contributed by atoms with van der Waals surface area (Å²) in [6.07, 6.45) is 1.05. The van der Waals surface area contributed by atoms with Gasteiger partial charge in [-0.15, -0.1) is 0 Å². The van der Waals surface area contributed by atoms with E-state index in [2.05, 4.69) is 21.3 Å². The van der Waals surface area contributed by atoms with Crippen LogP contribution in [0.4, 0.5) is 21.0 Å². The average Bonchev–Trinajstić information content (AvgIpc) is 2.85. The van der Waals surface area contributed by atoms with Gasteiger partial charge in [0.05, 0.1) is 32.4 Å². The number of anilines is 2. The fourth-order valence-electron chi connectivity index (χ4n) is 3.22. The normalized spacial score (nSPS) is 12.7. The number of nitrogens with one attached hydrogen (secondary N) is 4. The van der Waals surface area contributed by atoms with Crippen LogP contribution < -0.4 is 26.0 Å². The van der Waals surface area contributed by atoms with Gasteiger partial charge in [0.1, 0.15) is 17.6 Å². The summed E-state index contributed by atoms with van der Waals surface area (Å²) in [4.78, 5) is 24.6. The monoisotopic (exact) mass is 486 g/mol. The van der Waals surface area contributed by atoms with Crippen LogP contribution in [0.1, 0.15) is 37.4 Å². The van der Waals surface area contributed by atoms with Crippen molar-refractivity contribution >= 4 is 29.3 Å². The van der Waals surface area contributed by atoms with Gasteiger partial charge in [0, 0.05) is 30.7 Å². The van der Waals surface area contributed by atoms with Gasteiger partial charge >= 0.3 is 12.1 Å². The lowest BCUT2D eigenvalue weighted by Gasteiger charge is -2.18. The molecule has 0 aliphatic rings. The van der Waals surface area contributed by atoms with E-state index in [1.807, 2.05) is 13.0 Å². The summed E-state index contributed by atoms with van der Waals surface area (Å²) in [7, 11) is 4.87. The number of hydrogen-bond acceptors (Lipinski definition) is 7. The largest absolute Gasteiger partial charge is 0.496 e. The molecule has 10 nitrogen and oxygen atoms in total. The summed E-state index contributed by atoms with van der Waals surface area (Å²) in [6.45, 7) is 3.38. The maximum atomic E-state index is 12.6. The molecule has 0 fully saturated rings. The van der Waals surface area contributed by atoms with Crippen LogP contribution in [0.15, 0.2) is 48.7 Å². The lowest BCUT2D eigenvalue weighted by atomic mass is 10.1. The highest BCUT2D eigenvalue weighted by Gasteiger charge is 2.16. The first-order valence-electron chi connectivity index (χ1n) is 11.2. The first kappa shape index (κ1) is 27.3. The number of alkyl carbamates (subject to hydrolysis) is 1. The number of amides is 3. The number of hydrogen-bond donors (Lipinski definition) is 5. The number of carbonyl (C=O) groups is 2.